The van der Waals surface area contributed by atoms with E-state index in [1.165, 1.54) is 17.0 Å². The van der Waals surface area contributed by atoms with Gasteiger partial charge in [0.05, 0.1) is 10.6 Å². The number of para-hydroxylation sites is 1. The number of nitrogens with zero attached hydrogens (tertiary/aromatic N) is 2. The monoisotopic (exact) mass is 553 g/mol. The molecule has 3 rings (SSSR count). The second kappa shape index (κ2) is 13.4. The van der Waals surface area contributed by atoms with E-state index in [9.17, 15) is 22.4 Å². The van der Waals surface area contributed by atoms with Crippen LogP contribution in [0.2, 0.25) is 0 Å². The quantitative estimate of drug-likeness (QED) is 0.340. The molecule has 0 spiro atoms. The second-order valence-corrected chi connectivity index (χ2v) is 11.4. The van der Waals surface area contributed by atoms with Crippen molar-refractivity contribution in [2.45, 2.75) is 64.1 Å². The van der Waals surface area contributed by atoms with Crippen molar-refractivity contribution in [3.8, 4) is 0 Å². The van der Waals surface area contributed by atoms with E-state index in [1.807, 2.05) is 52.0 Å². The summed E-state index contributed by atoms with van der Waals surface area (Å²) in [5, 5.41) is 2.96. The van der Waals surface area contributed by atoms with E-state index in [1.54, 1.807) is 30.3 Å². The fourth-order valence-electron chi connectivity index (χ4n) is 4.19. The molecule has 3 aromatic carbocycles. The molecule has 0 aromatic heterocycles. The molecule has 0 fully saturated rings. The zero-order valence-corrected chi connectivity index (χ0v) is 23.6. The van der Waals surface area contributed by atoms with Gasteiger partial charge in [-0.2, -0.15) is 0 Å². The SMILES string of the molecule is CC[C@H](C)NC(=O)[C@H](CC)N(Cc1ccccc1C)C(=O)CN(c1ccccc1)S(=O)(=O)c1ccc(F)cc1. The molecule has 0 aliphatic heterocycles. The van der Waals surface area contributed by atoms with Crippen LogP contribution in [-0.4, -0.2) is 43.8 Å². The Bertz CT molecular complexity index is 1360. The molecular formula is C30H36FN3O4S. The first-order chi connectivity index (χ1) is 18.6. The largest absolute Gasteiger partial charge is 0.352 e. The molecule has 0 bridgehead atoms. The number of anilines is 1. The lowest BCUT2D eigenvalue weighted by Crippen LogP contribution is -2.53. The third-order valence-corrected chi connectivity index (χ3v) is 8.50. The first-order valence-electron chi connectivity index (χ1n) is 13.1. The minimum Gasteiger partial charge on any atom is -0.352 e. The molecule has 0 aliphatic rings. The highest BCUT2D eigenvalue weighted by molar-refractivity contribution is 7.92. The Balaban J connectivity index is 2.04. The van der Waals surface area contributed by atoms with Crippen LogP contribution < -0.4 is 9.62 Å². The van der Waals surface area contributed by atoms with Crippen LogP contribution in [-0.2, 0) is 26.2 Å². The summed E-state index contributed by atoms with van der Waals surface area (Å²) in [5.74, 6) is -1.39. The van der Waals surface area contributed by atoms with Crippen molar-refractivity contribution in [2.75, 3.05) is 10.8 Å². The highest BCUT2D eigenvalue weighted by Crippen LogP contribution is 2.25. The molecule has 208 valence electrons. The predicted molar refractivity (Wildman–Crippen MR) is 151 cm³/mol. The van der Waals surface area contributed by atoms with Crippen molar-refractivity contribution in [1.29, 1.82) is 0 Å². The van der Waals surface area contributed by atoms with Crippen molar-refractivity contribution in [3.05, 3.63) is 95.8 Å². The fraction of sp³-hybridized carbons (Fsp3) is 0.333. The fourth-order valence-corrected chi connectivity index (χ4v) is 5.60. The summed E-state index contributed by atoms with van der Waals surface area (Å²) in [5.41, 5.74) is 2.09. The van der Waals surface area contributed by atoms with E-state index in [-0.39, 0.29) is 29.1 Å². The number of hydrogen-bond donors (Lipinski definition) is 1. The number of amides is 2. The first kappa shape index (κ1) is 29.8. The van der Waals surface area contributed by atoms with Gasteiger partial charge in [-0.15, -0.1) is 0 Å². The molecule has 0 saturated carbocycles. The van der Waals surface area contributed by atoms with Crippen molar-refractivity contribution >= 4 is 27.5 Å². The number of hydrogen-bond acceptors (Lipinski definition) is 4. The summed E-state index contributed by atoms with van der Waals surface area (Å²) in [4.78, 5) is 28.6. The topological polar surface area (TPSA) is 86.8 Å². The van der Waals surface area contributed by atoms with Gasteiger partial charge in [-0.3, -0.25) is 13.9 Å². The zero-order valence-electron chi connectivity index (χ0n) is 22.8. The Hall–Kier alpha value is -3.72. The van der Waals surface area contributed by atoms with E-state index in [2.05, 4.69) is 5.32 Å². The van der Waals surface area contributed by atoms with Crippen LogP contribution in [0.5, 0.6) is 0 Å². The van der Waals surface area contributed by atoms with Gasteiger partial charge in [-0.25, -0.2) is 12.8 Å². The van der Waals surface area contributed by atoms with Crippen molar-refractivity contribution in [1.82, 2.24) is 10.2 Å². The molecule has 39 heavy (non-hydrogen) atoms. The number of carbonyl (C=O) groups is 2. The van der Waals surface area contributed by atoms with Crippen molar-refractivity contribution in [2.24, 2.45) is 0 Å². The standard InChI is InChI=1S/C30H36FN3O4S/c1-5-23(4)32-30(36)28(6-2)33(20-24-13-11-10-12-22(24)3)29(35)21-34(26-14-8-7-9-15-26)39(37,38)27-18-16-25(31)17-19-27/h7-19,23,28H,5-6,20-21H2,1-4H3,(H,32,36)/t23-,28-/m0/s1. The molecule has 2 amide bonds. The van der Waals surface area contributed by atoms with Crippen LogP contribution in [0.15, 0.2) is 83.8 Å². The summed E-state index contributed by atoms with van der Waals surface area (Å²) >= 11 is 0. The summed E-state index contributed by atoms with van der Waals surface area (Å²) in [7, 11) is -4.24. The van der Waals surface area contributed by atoms with Crippen LogP contribution in [0.4, 0.5) is 10.1 Å². The molecule has 9 heteroatoms. The molecule has 2 atom stereocenters. The average Bonchev–Trinajstić information content (AvgIpc) is 2.93. The summed E-state index contributed by atoms with van der Waals surface area (Å²) in [6.45, 7) is 7.20. The Morgan fingerprint density at radius 1 is 0.897 bits per heavy atom. The van der Waals surface area contributed by atoms with Crippen molar-refractivity contribution < 1.29 is 22.4 Å². The van der Waals surface area contributed by atoms with Gasteiger partial charge in [0.25, 0.3) is 10.0 Å². The number of aryl methyl sites for hydroxylation is 1. The molecule has 7 nitrogen and oxygen atoms in total. The molecule has 0 unspecified atom stereocenters. The van der Waals surface area contributed by atoms with Gasteiger partial charge in [0.2, 0.25) is 11.8 Å². The van der Waals surface area contributed by atoms with Crippen LogP contribution in [0, 0.1) is 12.7 Å². The summed E-state index contributed by atoms with van der Waals surface area (Å²) < 4.78 is 42.0. The van der Waals surface area contributed by atoms with Gasteiger partial charge in [-0.1, -0.05) is 56.3 Å². The molecule has 0 saturated heterocycles. The normalized spacial score (nSPS) is 12.8. The maximum Gasteiger partial charge on any atom is 0.264 e. The smallest absolute Gasteiger partial charge is 0.264 e. The molecule has 1 N–H and O–H groups in total. The Labute approximate surface area is 230 Å². The number of benzene rings is 3. The van der Waals surface area contributed by atoms with Gasteiger partial charge in [0.15, 0.2) is 0 Å². The lowest BCUT2D eigenvalue weighted by atomic mass is 10.1. The minimum absolute atomic E-state index is 0.0818. The summed E-state index contributed by atoms with van der Waals surface area (Å²) in [6, 6.07) is 19.4. The maximum absolute atomic E-state index is 14.0. The van der Waals surface area contributed by atoms with Crippen molar-refractivity contribution in [3.63, 3.8) is 0 Å². The zero-order chi connectivity index (χ0) is 28.6. The number of carbonyl (C=O) groups excluding carboxylic acids is 2. The predicted octanol–water partition coefficient (Wildman–Crippen LogP) is 5.05. The third kappa shape index (κ3) is 7.44. The first-order valence-corrected chi connectivity index (χ1v) is 14.5. The van der Waals surface area contributed by atoms with Crippen LogP contribution in [0.3, 0.4) is 0 Å². The highest BCUT2D eigenvalue weighted by atomic mass is 32.2. The van der Waals surface area contributed by atoms with Crippen LogP contribution in [0.1, 0.15) is 44.7 Å². The molecular weight excluding hydrogens is 517 g/mol. The Kier molecular flexibility index (Phi) is 10.2. The van der Waals surface area contributed by atoms with E-state index in [0.717, 1.165) is 34.0 Å². The number of sulfonamides is 1. The van der Waals surface area contributed by atoms with E-state index >= 15 is 0 Å². The van der Waals surface area contributed by atoms with Gasteiger partial charge in [-0.05, 0) is 74.2 Å². The maximum atomic E-state index is 14.0. The van der Waals surface area contributed by atoms with E-state index < -0.39 is 34.3 Å². The average molecular weight is 554 g/mol. The lowest BCUT2D eigenvalue weighted by Gasteiger charge is -2.34. The van der Waals surface area contributed by atoms with Crippen LogP contribution >= 0.6 is 0 Å². The lowest BCUT2D eigenvalue weighted by molar-refractivity contribution is -0.140. The van der Waals surface area contributed by atoms with Gasteiger partial charge >= 0.3 is 0 Å². The molecule has 0 aliphatic carbocycles. The van der Waals surface area contributed by atoms with Gasteiger partial charge in [0.1, 0.15) is 18.4 Å². The van der Waals surface area contributed by atoms with Gasteiger partial charge in [0, 0.05) is 12.6 Å². The minimum atomic E-state index is -4.24. The van der Waals surface area contributed by atoms with E-state index in [4.69, 9.17) is 0 Å². The summed E-state index contributed by atoms with van der Waals surface area (Å²) in [6.07, 6.45) is 1.07. The molecule has 0 radical (unpaired) electrons. The second-order valence-electron chi connectivity index (χ2n) is 9.49. The Morgan fingerprint density at radius 3 is 2.10 bits per heavy atom. The number of halogens is 1. The van der Waals surface area contributed by atoms with Crippen LogP contribution in [0.25, 0.3) is 0 Å². The number of rotatable bonds is 12. The highest BCUT2D eigenvalue weighted by Gasteiger charge is 2.34. The third-order valence-electron chi connectivity index (χ3n) is 6.71. The molecule has 3 aromatic rings. The molecule has 0 heterocycles. The van der Waals surface area contributed by atoms with E-state index in [0.29, 0.717) is 6.42 Å². The number of nitrogens with one attached hydrogen (secondary N) is 1. The Morgan fingerprint density at radius 2 is 1.51 bits per heavy atom. The van der Waals surface area contributed by atoms with Gasteiger partial charge < -0.3 is 10.2 Å².